The number of amides is 3. The van der Waals surface area contributed by atoms with Crippen molar-refractivity contribution in [3.05, 3.63) is 64.7 Å². The number of hydrogen-bond donors (Lipinski definition) is 1. The zero-order chi connectivity index (χ0) is 22.8. The fraction of sp³-hybridized carbons (Fsp3) is 0.208. The number of halogens is 1. The molecule has 0 bridgehead atoms. The van der Waals surface area contributed by atoms with Crippen LogP contribution in [0.25, 0.3) is 10.8 Å². The third-order valence-electron chi connectivity index (χ3n) is 5.39. The van der Waals surface area contributed by atoms with Gasteiger partial charge in [0.05, 0.1) is 24.9 Å². The van der Waals surface area contributed by atoms with E-state index in [0.717, 1.165) is 5.39 Å². The monoisotopic (exact) mass is 452 g/mol. The van der Waals surface area contributed by atoms with E-state index in [0.29, 0.717) is 45.1 Å². The molecule has 3 aromatic rings. The molecule has 3 amide bonds. The summed E-state index contributed by atoms with van der Waals surface area (Å²) < 4.78 is 10.4. The first kappa shape index (κ1) is 21.6. The summed E-state index contributed by atoms with van der Waals surface area (Å²) in [7, 11) is 2.96. The molecule has 1 aliphatic rings. The van der Waals surface area contributed by atoms with E-state index in [4.69, 9.17) is 21.1 Å². The van der Waals surface area contributed by atoms with E-state index in [1.165, 1.54) is 19.1 Å². The minimum absolute atomic E-state index is 0.107. The number of carbonyl (C=O) groups excluding carboxylic acids is 3. The number of anilines is 1. The van der Waals surface area contributed by atoms with Crippen LogP contribution in [0.3, 0.4) is 0 Å². The molecule has 0 saturated carbocycles. The van der Waals surface area contributed by atoms with Crippen LogP contribution in [-0.2, 0) is 4.79 Å². The fourth-order valence-electron chi connectivity index (χ4n) is 3.85. The van der Waals surface area contributed by atoms with E-state index < -0.39 is 0 Å². The summed E-state index contributed by atoms with van der Waals surface area (Å²) in [6.07, 6.45) is 0.420. The lowest BCUT2D eigenvalue weighted by atomic mass is 9.94. The summed E-state index contributed by atoms with van der Waals surface area (Å²) in [5.41, 5.74) is 1.41. The minimum Gasteiger partial charge on any atom is -0.495 e. The molecule has 0 radical (unpaired) electrons. The Bertz CT molecular complexity index is 1190. The predicted octanol–water partition coefficient (Wildman–Crippen LogP) is 4.53. The Morgan fingerprint density at radius 1 is 0.969 bits per heavy atom. The molecule has 1 heterocycles. The number of imide groups is 1. The van der Waals surface area contributed by atoms with Crippen molar-refractivity contribution in [2.45, 2.75) is 12.8 Å². The Kier molecular flexibility index (Phi) is 6.01. The Morgan fingerprint density at radius 3 is 2.19 bits per heavy atom. The van der Waals surface area contributed by atoms with Crippen LogP contribution in [0.4, 0.5) is 5.69 Å². The van der Waals surface area contributed by atoms with Gasteiger partial charge in [0.1, 0.15) is 11.5 Å². The largest absolute Gasteiger partial charge is 0.495 e. The number of nitrogens with zero attached hydrogens (tertiary/aromatic N) is 1. The van der Waals surface area contributed by atoms with Gasteiger partial charge in [-0.05, 0) is 30.0 Å². The standard InChI is InChI=1S/C24H21ClN2O5/c1-31-19-13-20(32-2)18(12-17(19)25)26-21(28)10-5-11-27-23(29)15-8-3-6-14-7-4-9-16(22(14)15)24(27)30/h3-4,6-9,12-13H,5,10-11H2,1-2H3,(H,26,28). The Balaban J connectivity index is 1.43. The predicted molar refractivity (Wildman–Crippen MR) is 122 cm³/mol. The highest BCUT2D eigenvalue weighted by molar-refractivity contribution is 6.32. The molecule has 0 spiro atoms. The maximum absolute atomic E-state index is 12.9. The lowest BCUT2D eigenvalue weighted by Crippen LogP contribution is -2.41. The number of nitrogens with one attached hydrogen (secondary N) is 1. The normalized spacial score (nSPS) is 12.8. The molecule has 0 aliphatic carbocycles. The summed E-state index contributed by atoms with van der Waals surface area (Å²) in [5.74, 6) is -0.139. The highest BCUT2D eigenvalue weighted by Gasteiger charge is 2.32. The van der Waals surface area contributed by atoms with E-state index >= 15 is 0 Å². The first-order chi connectivity index (χ1) is 15.4. The molecule has 0 fully saturated rings. The van der Waals surface area contributed by atoms with Gasteiger partial charge in [-0.15, -0.1) is 0 Å². The summed E-state index contributed by atoms with van der Waals surface area (Å²) >= 11 is 6.14. The van der Waals surface area contributed by atoms with Crippen molar-refractivity contribution in [3.8, 4) is 11.5 Å². The van der Waals surface area contributed by atoms with Gasteiger partial charge >= 0.3 is 0 Å². The van der Waals surface area contributed by atoms with E-state index in [9.17, 15) is 14.4 Å². The molecule has 32 heavy (non-hydrogen) atoms. The quantitative estimate of drug-likeness (QED) is 0.532. The van der Waals surface area contributed by atoms with Crippen LogP contribution in [0, 0.1) is 0 Å². The van der Waals surface area contributed by atoms with Gasteiger partial charge in [0.2, 0.25) is 5.91 Å². The number of benzene rings is 3. The van der Waals surface area contributed by atoms with Crippen molar-refractivity contribution in [2.75, 3.05) is 26.1 Å². The van der Waals surface area contributed by atoms with Gasteiger partial charge in [0, 0.05) is 35.5 Å². The zero-order valence-electron chi connectivity index (χ0n) is 17.6. The highest BCUT2D eigenvalue weighted by atomic mass is 35.5. The maximum Gasteiger partial charge on any atom is 0.261 e. The molecule has 1 aliphatic heterocycles. The second-order valence-corrected chi connectivity index (χ2v) is 7.72. The molecule has 164 valence electrons. The highest BCUT2D eigenvalue weighted by Crippen LogP contribution is 2.36. The molecule has 4 rings (SSSR count). The molecule has 0 atom stereocenters. The molecular formula is C24H21ClN2O5. The molecule has 0 unspecified atom stereocenters. The summed E-state index contributed by atoms with van der Waals surface area (Å²) in [4.78, 5) is 39.5. The van der Waals surface area contributed by atoms with Crippen molar-refractivity contribution >= 4 is 45.8 Å². The van der Waals surface area contributed by atoms with Crippen LogP contribution >= 0.6 is 11.6 Å². The summed E-state index contributed by atoms with van der Waals surface area (Å²) in [6.45, 7) is 0.135. The van der Waals surface area contributed by atoms with Crippen LogP contribution in [-0.4, -0.2) is 43.4 Å². The first-order valence-electron chi connectivity index (χ1n) is 10.0. The van der Waals surface area contributed by atoms with Crippen molar-refractivity contribution < 1.29 is 23.9 Å². The summed E-state index contributed by atoms with van der Waals surface area (Å²) in [5, 5.41) is 4.62. The van der Waals surface area contributed by atoms with Gasteiger partial charge < -0.3 is 14.8 Å². The Morgan fingerprint density at radius 2 is 1.59 bits per heavy atom. The van der Waals surface area contributed by atoms with Gasteiger partial charge in [-0.2, -0.15) is 0 Å². The molecule has 0 saturated heterocycles. The molecule has 7 nitrogen and oxygen atoms in total. The minimum atomic E-state index is -0.344. The van der Waals surface area contributed by atoms with Gasteiger partial charge in [0.15, 0.2) is 0 Å². The van der Waals surface area contributed by atoms with Crippen LogP contribution in [0.15, 0.2) is 48.5 Å². The third kappa shape index (κ3) is 3.87. The van der Waals surface area contributed by atoms with E-state index in [1.807, 2.05) is 12.1 Å². The van der Waals surface area contributed by atoms with Gasteiger partial charge in [-0.3, -0.25) is 19.3 Å². The van der Waals surface area contributed by atoms with Crippen molar-refractivity contribution in [1.29, 1.82) is 0 Å². The lowest BCUT2D eigenvalue weighted by molar-refractivity contribution is -0.116. The number of hydrogen-bond acceptors (Lipinski definition) is 5. The molecule has 1 N–H and O–H groups in total. The molecule has 0 aromatic heterocycles. The van der Waals surface area contributed by atoms with E-state index in [2.05, 4.69) is 5.32 Å². The topological polar surface area (TPSA) is 84.9 Å². The molecule has 8 heteroatoms. The second-order valence-electron chi connectivity index (χ2n) is 7.31. The smallest absolute Gasteiger partial charge is 0.261 e. The van der Waals surface area contributed by atoms with Crippen LogP contribution in [0.5, 0.6) is 11.5 Å². The van der Waals surface area contributed by atoms with E-state index in [-0.39, 0.29) is 30.7 Å². The van der Waals surface area contributed by atoms with Crippen LogP contribution < -0.4 is 14.8 Å². The Hall–Kier alpha value is -3.58. The van der Waals surface area contributed by atoms with E-state index in [1.54, 1.807) is 36.4 Å². The number of ether oxygens (including phenoxy) is 2. The number of rotatable bonds is 7. The van der Waals surface area contributed by atoms with Crippen LogP contribution in [0.2, 0.25) is 5.02 Å². The first-order valence-corrected chi connectivity index (χ1v) is 10.4. The zero-order valence-corrected chi connectivity index (χ0v) is 18.4. The van der Waals surface area contributed by atoms with Crippen molar-refractivity contribution in [3.63, 3.8) is 0 Å². The molecule has 3 aromatic carbocycles. The number of methoxy groups -OCH3 is 2. The lowest BCUT2D eigenvalue weighted by Gasteiger charge is -2.27. The fourth-order valence-corrected chi connectivity index (χ4v) is 4.09. The third-order valence-corrected chi connectivity index (χ3v) is 5.68. The van der Waals surface area contributed by atoms with Gasteiger partial charge in [0.25, 0.3) is 11.8 Å². The number of carbonyl (C=O) groups is 3. The SMILES string of the molecule is COc1cc(OC)c(NC(=O)CCCN2C(=O)c3cccc4cccc(c34)C2=O)cc1Cl. The summed E-state index contributed by atoms with van der Waals surface area (Å²) in [6, 6.07) is 13.9. The second kappa shape index (κ2) is 8.88. The Labute approximate surface area is 189 Å². The maximum atomic E-state index is 12.9. The van der Waals surface area contributed by atoms with Crippen molar-refractivity contribution in [1.82, 2.24) is 4.90 Å². The van der Waals surface area contributed by atoms with Gasteiger partial charge in [-0.1, -0.05) is 35.9 Å². The van der Waals surface area contributed by atoms with Crippen LogP contribution in [0.1, 0.15) is 33.6 Å². The van der Waals surface area contributed by atoms with Crippen molar-refractivity contribution in [2.24, 2.45) is 0 Å². The average Bonchev–Trinajstić information content (AvgIpc) is 2.79. The molecular weight excluding hydrogens is 432 g/mol. The van der Waals surface area contributed by atoms with Gasteiger partial charge in [-0.25, -0.2) is 0 Å². The average molecular weight is 453 g/mol.